The molecule has 2 N–H and O–H groups in total. The first kappa shape index (κ1) is 13.1. The van der Waals surface area contributed by atoms with Crippen molar-refractivity contribution >= 4 is 5.97 Å². The van der Waals surface area contributed by atoms with E-state index in [-0.39, 0.29) is 5.56 Å². The van der Waals surface area contributed by atoms with Crippen LogP contribution in [0.2, 0.25) is 0 Å². The third-order valence-corrected chi connectivity index (χ3v) is 3.13. The van der Waals surface area contributed by atoms with Crippen molar-refractivity contribution < 1.29 is 19.1 Å². The van der Waals surface area contributed by atoms with Gasteiger partial charge in [0.2, 0.25) is 0 Å². The lowest BCUT2D eigenvalue weighted by Gasteiger charge is -2.10. The number of hydrogen-bond donors (Lipinski definition) is 2. The third-order valence-electron chi connectivity index (χ3n) is 3.13. The third kappa shape index (κ3) is 3.85. The quantitative estimate of drug-likeness (QED) is 0.727. The Morgan fingerprint density at radius 2 is 2.28 bits per heavy atom. The number of carboxylic acids is 1. The predicted molar refractivity (Wildman–Crippen MR) is 65.6 cm³/mol. The lowest BCUT2D eigenvalue weighted by atomic mass is 10.3. The van der Waals surface area contributed by atoms with Crippen LogP contribution in [0.1, 0.15) is 41.8 Å². The van der Waals surface area contributed by atoms with Crippen LogP contribution >= 0.6 is 0 Å². The summed E-state index contributed by atoms with van der Waals surface area (Å²) in [6, 6.07) is 1.53. The molecule has 0 unspecified atom stereocenters. The minimum absolute atomic E-state index is 0.189. The number of rotatable bonds is 7. The first-order valence-corrected chi connectivity index (χ1v) is 6.39. The summed E-state index contributed by atoms with van der Waals surface area (Å²) in [6.07, 6.45) is 6.62. The number of carboxylic acid groups (broad SMARTS) is 1. The molecule has 18 heavy (non-hydrogen) atoms. The summed E-state index contributed by atoms with van der Waals surface area (Å²) >= 11 is 0. The van der Waals surface area contributed by atoms with E-state index in [1.165, 1.54) is 38.0 Å². The zero-order chi connectivity index (χ0) is 12.8. The Balaban J connectivity index is 1.58. The fraction of sp³-hybridized carbons (Fsp3) is 0.615. The Morgan fingerprint density at radius 3 is 2.94 bits per heavy atom. The van der Waals surface area contributed by atoms with E-state index in [0.29, 0.717) is 25.0 Å². The maximum Gasteiger partial charge on any atom is 0.338 e. The predicted octanol–water partition coefficient (Wildman–Crippen LogP) is 2.03. The zero-order valence-corrected chi connectivity index (χ0v) is 10.4. The fourth-order valence-electron chi connectivity index (χ4n) is 2.15. The molecule has 0 bridgehead atoms. The van der Waals surface area contributed by atoms with E-state index in [9.17, 15) is 4.79 Å². The maximum absolute atomic E-state index is 10.6. The van der Waals surface area contributed by atoms with Crippen molar-refractivity contribution in [1.82, 2.24) is 5.32 Å². The van der Waals surface area contributed by atoms with Crippen molar-refractivity contribution in [3.8, 4) is 0 Å². The van der Waals surface area contributed by atoms with Gasteiger partial charge >= 0.3 is 5.97 Å². The van der Waals surface area contributed by atoms with Crippen LogP contribution in [0.25, 0.3) is 0 Å². The zero-order valence-electron chi connectivity index (χ0n) is 10.4. The summed E-state index contributed by atoms with van der Waals surface area (Å²) in [4.78, 5) is 10.6. The number of carbonyl (C=O) groups is 1. The number of nitrogens with one attached hydrogen (secondary N) is 1. The molecule has 1 heterocycles. The molecule has 1 aliphatic rings. The highest BCUT2D eigenvalue weighted by Gasteiger charge is 2.14. The summed E-state index contributed by atoms with van der Waals surface area (Å²) in [7, 11) is 0. The van der Waals surface area contributed by atoms with Crippen LogP contribution < -0.4 is 5.32 Å². The summed E-state index contributed by atoms with van der Waals surface area (Å²) in [5, 5.41) is 11.9. The molecule has 0 radical (unpaired) electrons. The van der Waals surface area contributed by atoms with Gasteiger partial charge in [0, 0.05) is 6.54 Å². The van der Waals surface area contributed by atoms with E-state index in [1.807, 2.05) is 0 Å². The second-order valence-corrected chi connectivity index (χ2v) is 4.56. The van der Waals surface area contributed by atoms with Gasteiger partial charge in [0.15, 0.2) is 0 Å². The highest BCUT2D eigenvalue weighted by Crippen LogP contribution is 2.20. The van der Waals surface area contributed by atoms with Crippen LogP contribution in [0.5, 0.6) is 0 Å². The van der Waals surface area contributed by atoms with Crippen LogP contribution in [0.15, 0.2) is 16.7 Å². The Morgan fingerprint density at radius 1 is 1.50 bits per heavy atom. The first-order chi connectivity index (χ1) is 8.75. The number of furan rings is 1. The first-order valence-electron chi connectivity index (χ1n) is 6.39. The smallest absolute Gasteiger partial charge is 0.338 e. The Labute approximate surface area is 106 Å². The lowest BCUT2D eigenvalue weighted by molar-refractivity contribution is 0.0601. The molecule has 1 saturated carbocycles. The normalized spacial score (nSPS) is 16.2. The lowest BCUT2D eigenvalue weighted by Crippen LogP contribution is -2.21. The van der Waals surface area contributed by atoms with E-state index in [0.717, 1.165) is 6.54 Å². The molecule has 100 valence electrons. The minimum Gasteiger partial charge on any atom is -0.478 e. The molecular formula is C13H19NO4. The van der Waals surface area contributed by atoms with E-state index in [1.54, 1.807) is 0 Å². The van der Waals surface area contributed by atoms with Gasteiger partial charge in [-0.1, -0.05) is 12.8 Å². The largest absolute Gasteiger partial charge is 0.478 e. The highest BCUT2D eigenvalue weighted by molar-refractivity contribution is 5.87. The van der Waals surface area contributed by atoms with Crippen LogP contribution in [0, 0.1) is 0 Å². The van der Waals surface area contributed by atoms with Crippen molar-refractivity contribution in [2.45, 2.75) is 38.3 Å². The standard InChI is InChI=1S/C13H19NO4/c15-13(16)10-7-12(18-9-10)8-14-5-6-17-11-3-1-2-4-11/h7,9,11,14H,1-6,8H2,(H,15,16). The Kier molecular flexibility index (Phi) is 4.78. The van der Waals surface area contributed by atoms with Crippen molar-refractivity contribution in [2.75, 3.05) is 13.2 Å². The number of hydrogen-bond acceptors (Lipinski definition) is 4. The van der Waals surface area contributed by atoms with E-state index < -0.39 is 5.97 Å². The van der Waals surface area contributed by atoms with Crippen molar-refractivity contribution in [1.29, 1.82) is 0 Å². The molecule has 1 aliphatic carbocycles. The molecule has 0 amide bonds. The SMILES string of the molecule is O=C(O)c1coc(CNCCOC2CCCC2)c1. The van der Waals surface area contributed by atoms with Gasteiger partial charge in [0.25, 0.3) is 0 Å². The van der Waals surface area contributed by atoms with Gasteiger partial charge in [-0.3, -0.25) is 0 Å². The van der Waals surface area contributed by atoms with Gasteiger partial charge in [-0.25, -0.2) is 4.79 Å². The molecule has 1 aromatic rings. The summed E-state index contributed by atoms with van der Waals surface area (Å²) < 4.78 is 10.8. The number of aromatic carboxylic acids is 1. The van der Waals surface area contributed by atoms with E-state index in [2.05, 4.69) is 5.32 Å². The second-order valence-electron chi connectivity index (χ2n) is 4.56. The maximum atomic E-state index is 10.6. The summed E-state index contributed by atoms with van der Waals surface area (Å²) in [5.74, 6) is -0.331. The monoisotopic (exact) mass is 253 g/mol. The average Bonchev–Trinajstić information content (AvgIpc) is 2.98. The van der Waals surface area contributed by atoms with E-state index >= 15 is 0 Å². The fourth-order valence-corrected chi connectivity index (χ4v) is 2.15. The average molecular weight is 253 g/mol. The van der Waals surface area contributed by atoms with Gasteiger partial charge in [-0.15, -0.1) is 0 Å². The van der Waals surface area contributed by atoms with Crippen LogP contribution in [0.3, 0.4) is 0 Å². The molecular weight excluding hydrogens is 234 g/mol. The van der Waals surface area contributed by atoms with Crippen LogP contribution in [0.4, 0.5) is 0 Å². The van der Waals surface area contributed by atoms with Crippen molar-refractivity contribution in [2.24, 2.45) is 0 Å². The minimum atomic E-state index is -0.963. The number of ether oxygens (including phenoxy) is 1. The van der Waals surface area contributed by atoms with Gasteiger partial charge < -0.3 is 19.6 Å². The van der Waals surface area contributed by atoms with Crippen LogP contribution in [-0.2, 0) is 11.3 Å². The topological polar surface area (TPSA) is 71.7 Å². The molecule has 1 aromatic heterocycles. The highest BCUT2D eigenvalue weighted by atomic mass is 16.5. The van der Waals surface area contributed by atoms with Gasteiger partial charge in [0.05, 0.1) is 24.8 Å². The molecule has 1 fully saturated rings. The molecule has 2 rings (SSSR count). The molecule has 5 heteroatoms. The summed E-state index contributed by atoms with van der Waals surface area (Å²) in [5.41, 5.74) is 0.189. The van der Waals surface area contributed by atoms with E-state index in [4.69, 9.17) is 14.3 Å². The molecule has 0 aliphatic heterocycles. The second kappa shape index (κ2) is 6.56. The summed E-state index contributed by atoms with van der Waals surface area (Å²) in [6.45, 7) is 1.97. The Bertz CT molecular complexity index is 382. The molecule has 0 atom stereocenters. The van der Waals surface area contributed by atoms with Gasteiger partial charge in [-0.05, 0) is 18.9 Å². The molecule has 0 saturated heterocycles. The molecule has 5 nitrogen and oxygen atoms in total. The molecule has 0 aromatic carbocycles. The van der Waals surface area contributed by atoms with Crippen LogP contribution in [-0.4, -0.2) is 30.3 Å². The van der Waals surface area contributed by atoms with Gasteiger partial charge in [0.1, 0.15) is 12.0 Å². The van der Waals surface area contributed by atoms with Crippen molar-refractivity contribution in [3.63, 3.8) is 0 Å². The molecule has 0 spiro atoms. The Hall–Kier alpha value is -1.33. The van der Waals surface area contributed by atoms with Crippen molar-refractivity contribution in [3.05, 3.63) is 23.7 Å². The van der Waals surface area contributed by atoms with Gasteiger partial charge in [-0.2, -0.15) is 0 Å².